The van der Waals surface area contributed by atoms with E-state index >= 15 is 0 Å². The average Bonchev–Trinajstić information content (AvgIpc) is 3.64. The number of benzene rings is 3. The molecule has 2 aliphatic rings. The van der Waals surface area contributed by atoms with E-state index in [1.54, 1.807) is 54.3 Å². The molecule has 3 atom stereocenters. The van der Waals surface area contributed by atoms with Gasteiger partial charge >= 0.3 is 5.97 Å². The maximum absolute atomic E-state index is 14.3. The Bertz CT molecular complexity index is 2030. The van der Waals surface area contributed by atoms with Gasteiger partial charge in [-0.15, -0.1) is 23.1 Å². The number of hydrogen-bond acceptors (Lipinski definition) is 10. The summed E-state index contributed by atoms with van der Waals surface area (Å²) < 4.78 is 18.4. The van der Waals surface area contributed by atoms with E-state index < -0.39 is 27.7 Å². The largest absolute Gasteiger partial charge is 0.460 e. The molecule has 2 saturated heterocycles. The number of hydrogen-bond donors (Lipinski definition) is 0. The van der Waals surface area contributed by atoms with Crippen LogP contribution < -0.4 is 14.4 Å². The van der Waals surface area contributed by atoms with Crippen molar-refractivity contribution in [3.8, 4) is 17.2 Å². The molecule has 4 aromatic rings. The highest BCUT2D eigenvalue weighted by Gasteiger charge is 2.61. The third-order valence-electron chi connectivity index (χ3n) is 8.30. The van der Waals surface area contributed by atoms with Crippen molar-refractivity contribution in [3.63, 3.8) is 0 Å². The molecule has 0 saturated carbocycles. The second-order valence-corrected chi connectivity index (χ2v) is 14.9. The fraction of sp³-hybridized carbons (Fsp3) is 0.229. The molecule has 11 nitrogen and oxygen atoms in total. The summed E-state index contributed by atoms with van der Waals surface area (Å²) in [5, 5.41) is 14.2. The number of esters is 1. The fourth-order valence-corrected chi connectivity index (χ4v) is 8.80. The summed E-state index contributed by atoms with van der Waals surface area (Å²) in [5.41, 5.74) is -1.11. The number of thioether (sulfide) groups is 1. The van der Waals surface area contributed by atoms with Crippen molar-refractivity contribution in [1.29, 1.82) is 0 Å². The predicted octanol–water partition coefficient (Wildman–Crippen LogP) is 8.76. The lowest BCUT2D eigenvalue weighted by Crippen LogP contribution is -2.74. The number of anilines is 1. The molecule has 0 aliphatic carbocycles. The number of nitro groups is 1. The van der Waals surface area contributed by atoms with Gasteiger partial charge in [-0.25, -0.2) is 0 Å². The summed E-state index contributed by atoms with van der Waals surface area (Å²) >= 11 is 21.5. The first-order valence-electron chi connectivity index (χ1n) is 15.3. The van der Waals surface area contributed by atoms with Gasteiger partial charge in [0.25, 0.3) is 5.69 Å². The number of carbonyl (C=O) groups is 3. The molecule has 0 bridgehead atoms. The molecular weight excluding hydrogens is 761 g/mol. The minimum atomic E-state index is -1.53. The molecule has 0 N–H and O–H groups in total. The van der Waals surface area contributed by atoms with Crippen molar-refractivity contribution < 1.29 is 33.5 Å². The number of thiophene rings is 1. The number of nitro benzene ring substituents is 1. The first kappa shape index (κ1) is 36.5. The minimum absolute atomic E-state index is 0.103. The van der Waals surface area contributed by atoms with Crippen molar-refractivity contribution >= 4 is 86.4 Å². The summed E-state index contributed by atoms with van der Waals surface area (Å²) in [5.74, 6) is -0.340. The van der Waals surface area contributed by atoms with E-state index in [9.17, 15) is 24.5 Å². The monoisotopic (exact) mass is 787 g/mol. The Balaban J connectivity index is 1.32. The molecule has 16 heteroatoms. The molecule has 0 radical (unpaired) electrons. The van der Waals surface area contributed by atoms with Crippen LogP contribution in [0.15, 0.2) is 90.0 Å². The van der Waals surface area contributed by atoms with Gasteiger partial charge in [0.05, 0.1) is 14.9 Å². The van der Waals surface area contributed by atoms with Gasteiger partial charge in [0.15, 0.2) is 16.9 Å². The number of rotatable bonds is 11. The quantitative estimate of drug-likeness (QED) is 0.0482. The van der Waals surface area contributed by atoms with Gasteiger partial charge in [0.2, 0.25) is 11.8 Å². The molecule has 2 fully saturated rings. The molecular formula is C35H28Cl3N3O8S2. The zero-order valence-corrected chi connectivity index (χ0v) is 30.8. The number of ether oxygens (including phenoxy) is 3. The molecule has 0 spiro atoms. The molecule has 2 unspecified atom stereocenters. The normalized spacial score (nSPS) is 19.8. The number of β-lactam (4-membered cyclic amide) rings is 1. The summed E-state index contributed by atoms with van der Waals surface area (Å²) in [7, 11) is 0. The van der Waals surface area contributed by atoms with Crippen LogP contribution in [0.5, 0.6) is 17.2 Å². The summed E-state index contributed by atoms with van der Waals surface area (Å²) in [6.07, 6.45) is 1.61. The third kappa shape index (κ3) is 7.40. The molecule has 6 rings (SSSR count). The van der Waals surface area contributed by atoms with Crippen LogP contribution >= 0.6 is 57.9 Å². The number of carbonyl (C=O) groups excluding carboxylic acids is 3. The number of fused-ring (bicyclic) bond motifs is 1. The summed E-state index contributed by atoms with van der Waals surface area (Å²) in [4.78, 5) is 54.6. The first-order chi connectivity index (χ1) is 24.4. The summed E-state index contributed by atoms with van der Waals surface area (Å²) in [6.45, 7) is 2.79. The Morgan fingerprint density at radius 2 is 1.75 bits per heavy atom. The minimum Gasteiger partial charge on any atom is -0.460 e. The topological polar surface area (TPSA) is 129 Å². The van der Waals surface area contributed by atoms with Crippen LogP contribution in [0, 0.1) is 15.5 Å². The lowest BCUT2D eigenvalue weighted by molar-refractivity contribution is -0.384. The van der Waals surface area contributed by atoms with E-state index in [1.807, 2.05) is 5.38 Å². The van der Waals surface area contributed by atoms with Crippen molar-refractivity contribution in [2.75, 3.05) is 17.2 Å². The van der Waals surface area contributed by atoms with Gasteiger partial charge in [-0.3, -0.25) is 29.4 Å². The highest BCUT2D eigenvalue weighted by Crippen LogP contribution is 2.50. The zero-order valence-electron chi connectivity index (χ0n) is 26.9. The van der Waals surface area contributed by atoms with E-state index in [2.05, 4.69) is 0 Å². The Kier molecular flexibility index (Phi) is 10.8. The molecule has 1 aromatic heterocycles. The maximum Gasteiger partial charge on any atom is 0.322 e. The van der Waals surface area contributed by atoms with Crippen LogP contribution in [0.4, 0.5) is 10.7 Å². The van der Waals surface area contributed by atoms with Crippen molar-refractivity contribution in [2.45, 2.75) is 31.9 Å². The average molecular weight is 789 g/mol. The third-order valence-corrected chi connectivity index (χ3v) is 11.4. The van der Waals surface area contributed by atoms with Crippen molar-refractivity contribution in [2.24, 2.45) is 5.41 Å². The summed E-state index contributed by atoms with van der Waals surface area (Å²) in [6, 6.07) is 17.9. The Hall–Kier alpha value is -4.27. The number of nitrogens with zero attached hydrogens (tertiary/aromatic N) is 3. The Labute approximate surface area is 315 Å². The van der Waals surface area contributed by atoms with Crippen LogP contribution in [-0.2, 0) is 25.7 Å². The van der Waals surface area contributed by atoms with Crippen LogP contribution in [0.25, 0.3) is 0 Å². The Morgan fingerprint density at radius 1 is 1.04 bits per heavy atom. The van der Waals surface area contributed by atoms with Crippen LogP contribution in [-0.4, -0.2) is 51.3 Å². The van der Waals surface area contributed by atoms with E-state index in [1.165, 1.54) is 71.3 Å². The number of non-ortho nitro benzene ring substituents is 1. The van der Waals surface area contributed by atoms with Crippen LogP contribution in [0.2, 0.25) is 15.1 Å². The maximum atomic E-state index is 14.3. The van der Waals surface area contributed by atoms with E-state index in [4.69, 9.17) is 49.0 Å². The molecule has 2 amide bonds. The van der Waals surface area contributed by atoms with Gasteiger partial charge in [0.1, 0.15) is 29.5 Å². The Morgan fingerprint density at radius 3 is 2.37 bits per heavy atom. The van der Waals surface area contributed by atoms with E-state index in [0.29, 0.717) is 26.4 Å². The van der Waals surface area contributed by atoms with Gasteiger partial charge in [-0.2, -0.15) is 0 Å². The second-order valence-electron chi connectivity index (χ2n) is 11.6. The fourth-order valence-electron chi connectivity index (χ4n) is 5.80. The van der Waals surface area contributed by atoms with E-state index in [0.717, 1.165) is 0 Å². The highest BCUT2D eigenvalue weighted by atomic mass is 35.5. The molecule has 264 valence electrons. The van der Waals surface area contributed by atoms with E-state index in [-0.39, 0.29) is 58.7 Å². The van der Waals surface area contributed by atoms with Crippen molar-refractivity contribution in [1.82, 2.24) is 4.90 Å². The van der Waals surface area contributed by atoms with Crippen LogP contribution in [0.1, 0.15) is 19.4 Å². The van der Waals surface area contributed by atoms with Crippen molar-refractivity contribution in [3.05, 3.63) is 121 Å². The molecule has 3 heterocycles. The standard InChI is InChI=1S/C35H28Cl3N3O8S2/c1-3-29(49-28-16-23(37)9-13-27(28)48-26-12-8-22(36)15-25(26)38)35(34(44)47-17-21-6-10-24(11-7-21)41(45)46)18-39-32(43)31(33(39)51-19-35)40(20(2)42)30-5-4-14-50-30/h3-16,31,33H,17-19H2,1-2H3/t31?,33-,35?/m1/s1. The number of halogens is 3. The SMILES string of the molecule is CC=C(Oc1cc(Cl)ccc1Oc1ccc(Cl)cc1Cl)C1(C(=O)OCc2ccc([N+](=O)[O-])cc2)CS[C@@H]2C(N(C(C)=O)c3cccs3)C(=O)N2C1. The van der Waals surface area contributed by atoms with Gasteiger partial charge in [0, 0.05) is 47.5 Å². The first-order valence-corrected chi connectivity index (χ1v) is 18.4. The molecule has 2 aliphatic heterocycles. The predicted molar refractivity (Wildman–Crippen MR) is 197 cm³/mol. The lowest BCUT2D eigenvalue weighted by Gasteiger charge is -2.56. The molecule has 3 aromatic carbocycles. The van der Waals surface area contributed by atoms with Gasteiger partial charge in [-0.1, -0.05) is 34.8 Å². The van der Waals surface area contributed by atoms with Gasteiger partial charge in [-0.05, 0) is 78.5 Å². The highest BCUT2D eigenvalue weighted by molar-refractivity contribution is 8.00. The smallest absolute Gasteiger partial charge is 0.322 e. The zero-order chi connectivity index (χ0) is 36.4. The molecule has 51 heavy (non-hydrogen) atoms. The number of amides is 2. The van der Waals surface area contributed by atoms with Crippen LogP contribution in [0.3, 0.4) is 0 Å². The lowest BCUT2D eigenvalue weighted by atomic mass is 9.84. The van der Waals surface area contributed by atoms with Gasteiger partial charge < -0.3 is 19.1 Å². The number of allylic oxidation sites excluding steroid dienone is 1. The second kappa shape index (κ2) is 15.1.